The highest BCUT2D eigenvalue weighted by atomic mass is 32.1. The van der Waals surface area contributed by atoms with Crippen LogP contribution in [0.15, 0.2) is 23.7 Å². The SMILES string of the molecule is COC(=O)N1C[C@H]2CC[C@@H](C1)N2COCc1ccc(Nc2nc(-c3sc(C)nc3C)cs2)nc1. The number of aromatic nitrogens is 3. The van der Waals surface area contributed by atoms with E-state index in [0.29, 0.717) is 38.5 Å². The van der Waals surface area contributed by atoms with Crippen molar-refractivity contribution in [1.82, 2.24) is 24.8 Å². The lowest BCUT2D eigenvalue weighted by atomic mass is 10.2. The van der Waals surface area contributed by atoms with Crippen LogP contribution < -0.4 is 5.32 Å². The highest BCUT2D eigenvalue weighted by Crippen LogP contribution is 2.33. The van der Waals surface area contributed by atoms with Crippen LogP contribution in [0, 0.1) is 13.8 Å². The number of amides is 1. The molecule has 3 aromatic rings. The normalized spacial score (nSPS) is 20.0. The van der Waals surface area contributed by atoms with E-state index >= 15 is 0 Å². The monoisotopic (exact) mass is 500 g/mol. The number of carbonyl (C=O) groups is 1. The maximum absolute atomic E-state index is 11.9. The van der Waals surface area contributed by atoms with Gasteiger partial charge in [0, 0.05) is 36.8 Å². The maximum Gasteiger partial charge on any atom is 0.409 e. The fraction of sp³-hybridized carbons (Fsp3) is 0.478. The van der Waals surface area contributed by atoms with E-state index in [1.54, 1.807) is 27.6 Å². The van der Waals surface area contributed by atoms with Crippen molar-refractivity contribution in [2.24, 2.45) is 0 Å². The largest absolute Gasteiger partial charge is 0.453 e. The molecule has 34 heavy (non-hydrogen) atoms. The van der Waals surface area contributed by atoms with E-state index in [0.717, 1.165) is 50.6 Å². The highest BCUT2D eigenvalue weighted by molar-refractivity contribution is 7.16. The summed E-state index contributed by atoms with van der Waals surface area (Å²) in [6.45, 7) is 6.49. The van der Waals surface area contributed by atoms with Crippen LogP contribution in [0.25, 0.3) is 10.6 Å². The Hall–Kier alpha value is -2.60. The van der Waals surface area contributed by atoms with Gasteiger partial charge in [0.15, 0.2) is 5.13 Å². The van der Waals surface area contributed by atoms with E-state index in [9.17, 15) is 4.79 Å². The Morgan fingerprint density at radius 3 is 2.65 bits per heavy atom. The van der Waals surface area contributed by atoms with Gasteiger partial charge in [0.05, 0.1) is 35.0 Å². The molecule has 2 aliphatic rings. The van der Waals surface area contributed by atoms with Crippen molar-refractivity contribution in [3.8, 4) is 10.6 Å². The molecule has 11 heteroatoms. The molecule has 1 amide bonds. The molecule has 0 aliphatic carbocycles. The Morgan fingerprint density at radius 1 is 1.21 bits per heavy atom. The zero-order chi connectivity index (χ0) is 23.7. The van der Waals surface area contributed by atoms with Crippen LogP contribution in [0.4, 0.5) is 15.7 Å². The number of methoxy groups -OCH3 is 1. The molecule has 2 atom stereocenters. The van der Waals surface area contributed by atoms with E-state index < -0.39 is 0 Å². The third-order valence-electron chi connectivity index (χ3n) is 6.28. The van der Waals surface area contributed by atoms with Gasteiger partial charge in [0.1, 0.15) is 12.5 Å². The van der Waals surface area contributed by atoms with Crippen molar-refractivity contribution < 1.29 is 14.3 Å². The minimum Gasteiger partial charge on any atom is -0.453 e. The van der Waals surface area contributed by atoms with Crippen LogP contribution in [0.3, 0.4) is 0 Å². The van der Waals surface area contributed by atoms with Gasteiger partial charge in [-0.05, 0) is 38.3 Å². The molecule has 2 fully saturated rings. The number of nitrogens with one attached hydrogen (secondary N) is 1. The summed E-state index contributed by atoms with van der Waals surface area (Å²) in [7, 11) is 1.44. The van der Waals surface area contributed by atoms with Crippen molar-refractivity contribution in [3.63, 3.8) is 0 Å². The zero-order valence-electron chi connectivity index (χ0n) is 19.5. The number of likely N-dealkylation sites (tertiary alicyclic amines) is 1. The van der Waals surface area contributed by atoms with Gasteiger partial charge in [-0.3, -0.25) is 4.90 Å². The molecule has 2 bridgehead atoms. The average Bonchev–Trinajstić information content (AvgIpc) is 3.49. The molecular formula is C23H28N6O3S2. The Balaban J connectivity index is 1.11. The van der Waals surface area contributed by atoms with E-state index in [4.69, 9.17) is 14.5 Å². The van der Waals surface area contributed by atoms with Gasteiger partial charge in [0.25, 0.3) is 0 Å². The van der Waals surface area contributed by atoms with Crippen LogP contribution in [-0.4, -0.2) is 69.9 Å². The molecule has 0 aromatic carbocycles. The average molecular weight is 501 g/mol. The van der Waals surface area contributed by atoms with Gasteiger partial charge in [-0.25, -0.2) is 19.7 Å². The fourth-order valence-electron chi connectivity index (χ4n) is 4.65. The van der Waals surface area contributed by atoms with Gasteiger partial charge in [-0.15, -0.1) is 22.7 Å². The molecule has 180 valence electrons. The molecule has 1 N–H and O–H groups in total. The van der Waals surface area contributed by atoms with Gasteiger partial charge in [-0.2, -0.15) is 0 Å². The first-order valence-corrected chi connectivity index (χ1v) is 13.0. The number of rotatable bonds is 7. The Morgan fingerprint density at radius 2 is 2.00 bits per heavy atom. The summed E-state index contributed by atoms with van der Waals surface area (Å²) in [5, 5.41) is 7.18. The summed E-state index contributed by atoms with van der Waals surface area (Å²) < 4.78 is 10.9. The first kappa shape index (κ1) is 23.2. The molecular weight excluding hydrogens is 472 g/mol. The lowest BCUT2D eigenvalue weighted by Crippen LogP contribution is -2.55. The minimum absolute atomic E-state index is 0.236. The van der Waals surface area contributed by atoms with Crippen molar-refractivity contribution in [2.75, 3.05) is 32.2 Å². The van der Waals surface area contributed by atoms with E-state index in [1.165, 1.54) is 7.11 Å². The Kier molecular flexibility index (Phi) is 6.77. The van der Waals surface area contributed by atoms with Crippen LogP contribution in [0.5, 0.6) is 0 Å². The topological polar surface area (TPSA) is 92.7 Å². The molecule has 0 radical (unpaired) electrons. The van der Waals surface area contributed by atoms with Gasteiger partial charge in [0.2, 0.25) is 0 Å². The highest BCUT2D eigenvalue weighted by Gasteiger charge is 2.41. The van der Waals surface area contributed by atoms with Gasteiger partial charge < -0.3 is 19.7 Å². The number of hydrogen-bond acceptors (Lipinski definition) is 10. The molecule has 0 spiro atoms. The van der Waals surface area contributed by atoms with Crippen LogP contribution >= 0.6 is 22.7 Å². The summed E-state index contributed by atoms with van der Waals surface area (Å²) >= 11 is 3.22. The second-order valence-electron chi connectivity index (χ2n) is 8.61. The lowest BCUT2D eigenvalue weighted by Gasteiger charge is -2.39. The minimum atomic E-state index is -0.236. The second-order valence-corrected chi connectivity index (χ2v) is 10.7. The van der Waals surface area contributed by atoms with Crippen LogP contribution in [0.1, 0.15) is 29.1 Å². The number of aryl methyl sites for hydroxylation is 2. The summed E-state index contributed by atoms with van der Waals surface area (Å²) in [5.74, 6) is 0.749. The van der Waals surface area contributed by atoms with E-state index in [-0.39, 0.29) is 6.09 Å². The van der Waals surface area contributed by atoms with Crippen LogP contribution in [0.2, 0.25) is 0 Å². The summed E-state index contributed by atoms with van der Waals surface area (Å²) in [6.07, 6.45) is 3.77. The molecule has 2 saturated heterocycles. The number of hydrogen-bond donors (Lipinski definition) is 1. The summed E-state index contributed by atoms with van der Waals surface area (Å²) in [5.41, 5.74) is 2.98. The predicted octanol–water partition coefficient (Wildman–Crippen LogP) is 4.41. The Labute approximate surface area is 206 Å². The van der Waals surface area contributed by atoms with Crippen LogP contribution in [-0.2, 0) is 16.1 Å². The van der Waals surface area contributed by atoms with Crippen molar-refractivity contribution in [2.45, 2.75) is 45.4 Å². The molecule has 0 saturated carbocycles. The maximum atomic E-state index is 11.9. The number of carbonyl (C=O) groups excluding carboxylic acids is 1. The molecule has 3 aromatic heterocycles. The molecule has 5 heterocycles. The smallest absolute Gasteiger partial charge is 0.409 e. The standard InChI is InChI=1S/C23H28N6O3S2/c1-14-21(34-15(2)25-14)19-12-33-22(26-19)27-20-7-4-16(8-24-20)11-32-13-29-17-5-6-18(29)10-28(9-17)23(30)31-3/h4,7-8,12,17-18H,5-6,9-11,13H2,1-3H3,(H,24,26,27)/t17-,18+. The first-order valence-electron chi connectivity index (χ1n) is 11.3. The van der Waals surface area contributed by atoms with Gasteiger partial charge >= 0.3 is 6.09 Å². The van der Waals surface area contributed by atoms with Crippen molar-refractivity contribution >= 4 is 39.7 Å². The first-order chi connectivity index (χ1) is 16.5. The number of nitrogens with zero attached hydrogens (tertiary/aromatic N) is 5. The zero-order valence-corrected chi connectivity index (χ0v) is 21.1. The van der Waals surface area contributed by atoms with Crippen molar-refractivity contribution in [3.05, 3.63) is 40.0 Å². The fourth-order valence-corrected chi connectivity index (χ4v) is 6.31. The third kappa shape index (κ3) is 4.92. The predicted molar refractivity (Wildman–Crippen MR) is 132 cm³/mol. The number of thiazole rings is 2. The molecule has 5 rings (SSSR count). The quantitative estimate of drug-likeness (QED) is 0.510. The number of piperazine rings is 1. The Bertz CT molecular complexity index is 1130. The second kappa shape index (κ2) is 9.95. The molecule has 0 unspecified atom stereocenters. The number of pyridine rings is 1. The van der Waals surface area contributed by atoms with Crippen molar-refractivity contribution in [1.29, 1.82) is 0 Å². The lowest BCUT2D eigenvalue weighted by molar-refractivity contribution is -0.0387. The van der Waals surface area contributed by atoms with E-state index in [1.807, 2.05) is 37.6 Å². The summed E-state index contributed by atoms with van der Waals surface area (Å²) in [6, 6.07) is 4.64. The van der Waals surface area contributed by atoms with E-state index in [2.05, 4.69) is 20.2 Å². The number of ether oxygens (including phenoxy) is 2. The number of fused-ring (bicyclic) bond motifs is 2. The van der Waals surface area contributed by atoms with Gasteiger partial charge in [-0.1, -0.05) is 6.07 Å². The third-order valence-corrected chi connectivity index (χ3v) is 8.13. The molecule has 2 aliphatic heterocycles. The summed E-state index contributed by atoms with van der Waals surface area (Å²) in [4.78, 5) is 30.8. The number of anilines is 2. The molecule has 9 nitrogen and oxygen atoms in total.